The van der Waals surface area contributed by atoms with Gasteiger partial charge in [0.2, 0.25) is 0 Å². The van der Waals surface area contributed by atoms with Crippen LogP contribution in [0.1, 0.15) is 31.7 Å². The Labute approximate surface area is 106 Å². The van der Waals surface area contributed by atoms with Gasteiger partial charge < -0.3 is 10.8 Å². The zero-order valence-corrected chi connectivity index (χ0v) is 11.0. The average Bonchev–Trinajstić information content (AvgIpc) is 2.21. The van der Waals surface area contributed by atoms with E-state index in [2.05, 4.69) is 0 Å². The van der Waals surface area contributed by atoms with Gasteiger partial charge in [0.25, 0.3) is 0 Å². The maximum Gasteiger partial charge on any atom is 0.0694 e. The number of halogens is 2. The van der Waals surface area contributed by atoms with Gasteiger partial charge in [-0.15, -0.1) is 0 Å². The molecule has 0 aliphatic carbocycles. The number of aliphatic hydroxyl groups excluding tert-OH is 1. The van der Waals surface area contributed by atoms with Crippen LogP contribution in [0.5, 0.6) is 0 Å². The lowest BCUT2D eigenvalue weighted by Gasteiger charge is -2.20. The first-order valence-corrected chi connectivity index (χ1v) is 6.06. The van der Waals surface area contributed by atoms with Crippen molar-refractivity contribution in [3.63, 3.8) is 0 Å². The minimum atomic E-state index is -0.523. The highest BCUT2D eigenvalue weighted by atomic mass is 35.5. The first-order chi connectivity index (χ1) is 7.43. The summed E-state index contributed by atoms with van der Waals surface area (Å²) in [7, 11) is 0. The van der Waals surface area contributed by atoms with Crippen molar-refractivity contribution in [2.45, 2.75) is 38.3 Å². The van der Waals surface area contributed by atoms with Crippen molar-refractivity contribution >= 4 is 23.2 Å². The minimum absolute atomic E-state index is 0.132. The predicted molar refractivity (Wildman–Crippen MR) is 69.2 cm³/mol. The number of nitrogens with two attached hydrogens (primary N) is 1. The van der Waals surface area contributed by atoms with Gasteiger partial charge in [0.1, 0.15) is 0 Å². The van der Waals surface area contributed by atoms with E-state index < -0.39 is 6.10 Å². The molecule has 3 unspecified atom stereocenters. The molecule has 2 nitrogen and oxygen atoms in total. The van der Waals surface area contributed by atoms with Crippen LogP contribution in [0.15, 0.2) is 18.2 Å². The third-order valence-corrected chi connectivity index (χ3v) is 3.55. The van der Waals surface area contributed by atoms with Gasteiger partial charge in [-0.1, -0.05) is 42.3 Å². The first kappa shape index (κ1) is 13.8. The minimum Gasteiger partial charge on any atom is -0.392 e. The number of aliphatic hydroxyl groups is 1. The third-order valence-electron chi connectivity index (χ3n) is 2.71. The molecule has 0 saturated carbocycles. The molecule has 1 aromatic carbocycles. The highest BCUT2D eigenvalue weighted by Crippen LogP contribution is 2.32. The SMILES string of the molecule is CC(CC(O)C(C)N)c1cccc(Cl)c1Cl. The van der Waals surface area contributed by atoms with Gasteiger partial charge >= 0.3 is 0 Å². The van der Waals surface area contributed by atoms with Crippen molar-refractivity contribution in [1.82, 2.24) is 0 Å². The maximum atomic E-state index is 9.72. The summed E-state index contributed by atoms with van der Waals surface area (Å²) < 4.78 is 0. The summed E-state index contributed by atoms with van der Waals surface area (Å²) in [6.45, 7) is 3.79. The van der Waals surface area contributed by atoms with Crippen molar-refractivity contribution in [2.24, 2.45) is 5.73 Å². The van der Waals surface area contributed by atoms with Crippen molar-refractivity contribution in [1.29, 1.82) is 0 Å². The topological polar surface area (TPSA) is 46.2 Å². The van der Waals surface area contributed by atoms with Crippen LogP contribution in [0.4, 0.5) is 0 Å². The summed E-state index contributed by atoms with van der Waals surface area (Å²) in [5.74, 6) is 0.132. The Balaban J connectivity index is 2.80. The number of benzene rings is 1. The van der Waals surface area contributed by atoms with E-state index in [0.29, 0.717) is 16.5 Å². The fourth-order valence-electron chi connectivity index (χ4n) is 1.60. The van der Waals surface area contributed by atoms with Crippen LogP contribution < -0.4 is 5.73 Å². The molecule has 3 atom stereocenters. The van der Waals surface area contributed by atoms with Gasteiger partial charge in [0.05, 0.1) is 16.1 Å². The van der Waals surface area contributed by atoms with Crippen molar-refractivity contribution < 1.29 is 5.11 Å². The number of hydrogen-bond acceptors (Lipinski definition) is 2. The predicted octanol–water partition coefficient (Wildman–Crippen LogP) is 3.20. The second kappa shape index (κ2) is 5.87. The van der Waals surface area contributed by atoms with E-state index in [-0.39, 0.29) is 12.0 Å². The molecule has 0 saturated heterocycles. The monoisotopic (exact) mass is 261 g/mol. The second-order valence-corrected chi connectivity index (χ2v) is 4.99. The van der Waals surface area contributed by atoms with E-state index in [9.17, 15) is 5.11 Å². The van der Waals surface area contributed by atoms with E-state index in [1.54, 1.807) is 13.0 Å². The first-order valence-electron chi connectivity index (χ1n) is 5.31. The van der Waals surface area contributed by atoms with Crippen LogP contribution in [0.2, 0.25) is 10.0 Å². The molecule has 0 fully saturated rings. The highest BCUT2D eigenvalue weighted by Gasteiger charge is 2.18. The fraction of sp³-hybridized carbons (Fsp3) is 0.500. The standard InChI is InChI=1S/C12H17Cl2NO/c1-7(6-11(16)8(2)15)9-4-3-5-10(13)12(9)14/h3-5,7-8,11,16H,6,15H2,1-2H3. The second-order valence-electron chi connectivity index (χ2n) is 4.21. The lowest BCUT2D eigenvalue weighted by molar-refractivity contribution is 0.134. The summed E-state index contributed by atoms with van der Waals surface area (Å²) in [6, 6.07) is 5.30. The van der Waals surface area contributed by atoms with Gasteiger partial charge in [0.15, 0.2) is 0 Å². The van der Waals surface area contributed by atoms with Crippen LogP contribution >= 0.6 is 23.2 Å². The molecule has 0 aromatic heterocycles. The Morgan fingerprint density at radius 3 is 2.50 bits per heavy atom. The van der Waals surface area contributed by atoms with Gasteiger partial charge in [-0.25, -0.2) is 0 Å². The van der Waals surface area contributed by atoms with Crippen molar-refractivity contribution in [2.75, 3.05) is 0 Å². The summed E-state index contributed by atoms with van der Waals surface area (Å²) >= 11 is 12.0. The third kappa shape index (κ3) is 3.36. The lowest BCUT2D eigenvalue weighted by atomic mass is 9.93. The summed E-state index contributed by atoms with van der Waals surface area (Å²) in [5, 5.41) is 10.8. The van der Waals surface area contributed by atoms with Crippen molar-refractivity contribution in [3.05, 3.63) is 33.8 Å². The smallest absolute Gasteiger partial charge is 0.0694 e. The van der Waals surface area contributed by atoms with Crippen molar-refractivity contribution in [3.8, 4) is 0 Å². The average molecular weight is 262 g/mol. The molecule has 1 rings (SSSR count). The molecule has 0 aliphatic heterocycles. The highest BCUT2D eigenvalue weighted by molar-refractivity contribution is 6.42. The van der Waals surface area contributed by atoms with Crippen LogP contribution in [0.3, 0.4) is 0 Å². The summed E-state index contributed by atoms with van der Waals surface area (Å²) in [6.07, 6.45) is 0.0580. The van der Waals surface area contributed by atoms with E-state index in [0.717, 1.165) is 5.56 Å². The van der Waals surface area contributed by atoms with Crippen LogP contribution in [-0.4, -0.2) is 17.3 Å². The Morgan fingerprint density at radius 2 is 1.94 bits per heavy atom. The summed E-state index contributed by atoms with van der Waals surface area (Å²) in [4.78, 5) is 0. The molecule has 0 amide bonds. The quantitative estimate of drug-likeness (QED) is 0.875. The molecular formula is C12H17Cl2NO. The molecular weight excluding hydrogens is 245 g/mol. The van der Waals surface area contributed by atoms with Crippen LogP contribution in [-0.2, 0) is 0 Å². The fourth-order valence-corrected chi connectivity index (χ4v) is 2.10. The molecule has 16 heavy (non-hydrogen) atoms. The number of rotatable bonds is 4. The molecule has 0 aliphatic rings. The van der Waals surface area contributed by atoms with E-state index in [1.807, 2.05) is 19.1 Å². The van der Waals surface area contributed by atoms with E-state index >= 15 is 0 Å². The van der Waals surface area contributed by atoms with Gasteiger partial charge in [-0.05, 0) is 30.9 Å². The molecule has 90 valence electrons. The molecule has 0 spiro atoms. The van der Waals surface area contributed by atoms with E-state index in [1.165, 1.54) is 0 Å². The zero-order chi connectivity index (χ0) is 12.3. The van der Waals surface area contributed by atoms with Gasteiger partial charge in [-0.2, -0.15) is 0 Å². The molecule has 1 aromatic rings. The van der Waals surface area contributed by atoms with Crippen LogP contribution in [0, 0.1) is 0 Å². The van der Waals surface area contributed by atoms with Gasteiger partial charge in [0, 0.05) is 6.04 Å². The number of hydrogen-bond donors (Lipinski definition) is 2. The largest absolute Gasteiger partial charge is 0.392 e. The lowest BCUT2D eigenvalue weighted by Crippen LogP contribution is -2.32. The zero-order valence-electron chi connectivity index (χ0n) is 9.45. The van der Waals surface area contributed by atoms with Gasteiger partial charge in [-0.3, -0.25) is 0 Å². The Bertz CT molecular complexity index is 355. The Morgan fingerprint density at radius 1 is 1.31 bits per heavy atom. The van der Waals surface area contributed by atoms with Crippen LogP contribution in [0.25, 0.3) is 0 Å². The molecule has 0 radical (unpaired) electrons. The Kier molecular flexibility index (Phi) is 5.06. The summed E-state index contributed by atoms with van der Waals surface area (Å²) in [5.41, 5.74) is 6.57. The normalized spacial score (nSPS) is 16.9. The molecule has 0 heterocycles. The molecule has 3 N–H and O–H groups in total. The molecule has 0 bridgehead atoms. The Hall–Kier alpha value is -0.280. The van der Waals surface area contributed by atoms with E-state index in [4.69, 9.17) is 28.9 Å². The molecule has 4 heteroatoms. The maximum absolute atomic E-state index is 9.72.